The first-order chi connectivity index (χ1) is 11.8. The summed E-state index contributed by atoms with van der Waals surface area (Å²) in [6.45, 7) is 1.03. The Morgan fingerprint density at radius 1 is 1.12 bits per heavy atom. The van der Waals surface area contributed by atoms with E-state index in [9.17, 15) is 0 Å². The molecule has 1 N–H and O–H groups in total. The third-order valence-electron chi connectivity index (χ3n) is 4.83. The van der Waals surface area contributed by atoms with Crippen LogP contribution in [0.5, 0.6) is 5.75 Å². The molecule has 1 heterocycles. The highest BCUT2D eigenvalue weighted by Gasteiger charge is 2.18. The van der Waals surface area contributed by atoms with Crippen molar-refractivity contribution in [1.82, 2.24) is 4.98 Å². The van der Waals surface area contributed by atoms with Crippen LogP contribution in [0, 0.1) is 0 Å². The molecule has 0 spiro atoms. The zero-order chi connectivity index (χ0) is 16.8. The molecule has 1 aromatic heterocycles. The lowest BCUT2D eigenvalue weighted by Gasteiger charge is -2.22. The summed E-state index contributed by atoms with van der Waals surface area (Å²) in [4.78, 5) is 4.92. The fraction of sp³-hybridized carbons (Fsp3) is 0.550. The average molecular weight is 391 g/mol. The minimum atomic E-state index is 0.903. The Labute approximate surface area is 153 Å². The molecular weight excluding hydrogens is 364 g/mol. The molecule has 130 valence electrons. The fourth-order valence-corrected chi connectivity index (χ4v) is 3.91. The number of methoxy groups -OCH3 is 1. The number of hydrogen-bond acceptors (Lipinski definition) is 3. The SMILES string of the molecule is COc1ccc2nc3c(c(NCCCCCCBr)c2c1)CCCC3. The lowest BCUT2D eigenvalue weighted by atomic mass is 9.92. The molecule has 0 unspecified atom stereocenters. The molecule has 0 saturated heterocycles. The van der Waals surface area contributed by atoms with Gasteiger partial charge < -0.3 is 10.1 Å². The topological polar surface area (TPSA) is 34.1 Å². The summed E-state index contributed by atoms with van der Waals surface area (Å²) in [7, 11) is 1.73. The molecule has 1 aromatic carbocycles. The van der Waals surface area contributed by atoms with Gasteiger partial charge in [0.05, 0.1) is 12.6 Å². The first-order valence-electron chi connectivity index (χ1n) is 9.13. The van der Waals surface area contributed by atoms with Gasteiger partial charge in [0.25, 0.3) is 0 Å². The van der Waals surface area contributed by atoms with E-state index in [0.717, 1.165) is 36.0 Å². The quantitative estimate of drug-likeness (QED) is 0.477. The van der Waals surface area contributed by atoms with Crippen LogP contribution in [-0.4, -0.2) is 24.0 Å². The van der Waals surface area contributed by atoms with Gasteiger partial charge in [0.2, 0.25) is 0 Å². The summed E-state index contributed by atoms with van der Waals surface area (Å²) in [5.74, 6) is 0.903. The number of aryl methyl sites for hydroxylation is 1. The largest absolute Gasteiger partial charge is 0.497 e. The normalized spacial score (nSPS) is 13.8. The fourth-order valence-electron chi connectivity index (χ4n) is 3.52. The second-order valence-electron chi connectivity index (χ2n) is 6.53. The van der Waals surface area contributed by atoms with E-state index in [0.29, 0.717) is 0 Å². The van der Waals surface area contributed by atoms with E-state index < -0.39 is 0 Å². The molecule has 0 saturated carbocycles. The number of nitrogens with one attached hydrogen (secondary N) is 1. The molecule has 0 atom stereocenters. The molecule has 0 bridgehead atoms. The molecule has 0 aliphatic heterocycles. The highest BCUT2D eigenvalue weighted by atomic mass is 79.9. The minimum Gasteiger partial charge on any atom is -0.497 e. The van der Waals surface area contributed by atoms with Gasteiger partial charge in [-0.05, 0) is 62.3 Å². The summed E-state index contributed by atoms with van der Waals surface area (Å²) in [5, 5.41) is 6.05. The van der Waals surface area contributed by atoms with Gasteiger partial charge in [0.1, 0.15) is 5.75 Å². The van der Waals surface area contributed by atoms with Crippen LogP contribution in [0.3, 0.4) is 0 Å². The molecule has 1 aliphatic carbocycles. The summed E-state index contributed by atoms with van der Waals surface area (Å²) in [5.41, 5.74) is 5.11. The molecule has 2 aromatic rings. The van der Waals surface area contributed by atoms with E-state index in [1.807, 2.05) is 6.07 Å². The van der Waals surface area contributed by atoms with Crippen LogP contribution in [0.2, 0.25) is 0 Å². The van der Waals surface area contributed by atoms with Crippen molar-refractivity contribution in [1.29, 1.82) is 0 Å². The van der Waals surface area contributed by atoms with Gasteiger partial charge in [0, 0.05) is 28.6 Å². The Balaban J connectivity index is 1.84. The zero-order valence-corrected chi connectivity index (χ0v) is 16.1. The molecule has 3 nitrogen and oxygen atoms in total. The van der Waals surface area contributed by atoms with Crippen molar-refractivity contribution in [3.05, 3.63) is 29.5 Å². The molecule has 1 aliphatic rings. The van der Waals surface area contributed by atoms with E-state index in [2.05, 4.69) is 33.4 Å². The van der Waals surface area contributed by atoms with E-state index in [1.54, 1.807) is 7.11 Å². The number of alkyl halides is 1. The minimum absolute atomic E-state index is 0.903. The van der Waals surface area contributed by atoms with Gasteiger partial charge in [-0.25, -0.2) is 0 Å². The van der Waals surface area contributed by atoms with Gasteiger partial charge >= 0.3 is 0 Å². The summed E-state index contributed by atoms with van der Waals surface area (Å²) in [6, 6.07) is 6.23. The molecule has 0 radical (unpaired) electrons. The maximum atomic E-state index is 5.43. The Morgan fingerprint density at radius 2 is 1.96 bits per heavy atom. The first kappa shape index (κ1) is 17.5. The first-order valence-corrected chi connectivity index (χ1v) is 10.2. The van der Waals surface area contributed by atoms with Gasteiger partial charge in [0.15, 0.2) is 0 Å². The van der Waals surface area contributed by atoms with Crippen LogP contribution in [0.25, 0.3) is 10.9 Å². The average Bonchev–Trinajstić information content (AvgIpc) is 2.63. The number of rotatable bonds is 8. The summed E-state index contributed by atoms with van der Waals surface area (Å²) >= 11 is 3.50. The predicted octanol–water partition coefficient (Wildman–Crippen LogP) is 5.49. The molecule has 4 heteroatoms. The molecule has 0 amide bonds. The molecule has 3 rings (SSSR count). The standard InChI is InChI=1S/C20H27BrN2O/c1-24-15-10-11-19-17(14-15)20(22-13-7-3-2-6-12-21)16-8-4-5-9-18(16)23-19/h10-11,14H,2-9,12-13H2,1H3,(H,22,23). The summed E-state index contributed by atoms with van der Waals surface area (Å²) < 4.78 is 5.43. The number of ether oxygens (including phenoxy) is 1. The van der Waals surface area contributed by atoms with Crippen molar-refractivity contribution in [3.63, 3.8) is 0 Å². The Morgan fingerprint density at radius 3 is 2.79 bits per heavy atom. The lowest BCUT2D eigenvalue weighted by molar-refractivity contribution is 0.415. The number of aromatic nitrogens is 1. The third kappa shape index (κ3) is 4.02. The number of unbranched alkanes of at least 4 members (excludes halogenated alkanes) is 3. The maximum absolute atomic E-state index is 5.43. The van der Waals surface area contributed by atoms with Crippen molar-refractivity contribution in [2.24, 2.45) is 0 Å². The van der Waals surface area contributed by atoms with Crippen LogP contribution < -0.4 is 10.1 Å². The van der Waals surface area contributed by atoms with Crippen LogP contribution in [0.4, 0.5) is 5.69 Å². The van der Waals surface area contributed by atoms with E-state index in [4.69, 9.17) is 9.72 Å². The van der Waals surface area contributed by atoms with Crippen molar-refractivity contribution < 1.29 is 4.74 Å². The second-order valence-corrected chi connectivity index (χ2v) is 7.33. The monoisotopic (exact) mass is 390 g/mol. The highest BCUT2D eigenvalue weighted by molar-refractivity contribution is 9.09. The zero-order valence-electron chi connectivity index (χ0n) is 14.5. The van der Waals surface area contributed by atoms with E-state index in [1.165, 1.54) is 60.9 Å². The molecule has 0 fully saturated rings. The summed E-state index contributed by atoms with van der Waals surface area (Å²) in [6.07, 6.45) is 9.85. The van der Waals surface area contributed by atoms with Crippen molar-refractivity contribution in [2.45, 2.75) is 51.4 Å². The number of hydrogen-bond donors (Lipinski definition) is 1. The molecular formula is C20H27BrN2O. The van der Waals surface area contributed by atoms with Gasteiger partial charge in [-0.1, -0.05) is 28.8 Å². The Kier molecular flexibility index (Phi) is 6.36. The third-order valence-corrected chi connectivity index (χ3v) is 5.39. The second kappa shape index (κ2) is 8.70. The van der Waals surface area contributed by atoms with Crippen molar-refractivity contribution in [2.75, 3.05) is 24.3 Å². The number of pyridine rings is 1. The number of anilines is 1. The maximum Gasteiger partial charge on any atom is 0.119 e. The number of nitrogens with zero attached hydrogens (tertiary/aromatic N) is 1. The van der Waals surface area contributed by atoms with Crippen LogP contribution in [0.1, 0.15) is 49.8 Å². The Bertz CT molecular complexity index is 687. The number of halogens is 1. The van der Waals surface area contributed by atoms with E-state index in [-0.39, 0.29) is 0 Å². The van der Waals surface area contributed by atoms with Gasteiger partial charge in [-0.3, -0.25) is 4.98 Å². The van der Waals surface area contributed by atoms with Crippen LogP contribution in [-0.2, 0) is 12.8 Å². The highest BCUT2D eigenvalue weighted by Crippen LogP contribution is 2.35. The van der Waals surface area contributed by atoms with Crippen LogP contribution in [0.15, 0.2) is 18.2 Å². The van der Waals surface area contributed by atoms with Crippen LogP contribution >= 0.6 is 15.9 Å². The van der Waals surface area contributed by atoms with Crippen molar-refractivity contribution >= 4 is 32.5 Å². The van der Waals surface area contributed by atoms with Gasteiger partial charge in [-0.2, -0.15) is 0 Å². The Hall–Kier alpha value is -1.29. The lowest BCUT2D eigenvalue weighted by Crippen LogP contribution is -2.12. The van der Waals surface area contributed by atoms with Crippen molar-refractivity contribution in [3.8, 4) is 5.75 Å². The predicted molar refractivity (Wildman–Crippen MR) is 106 cm³/mol. The van der Waals surface area contributed by atoms with Gasteiger partial charge in [-0.15, -0.1) is 0 Å². The number of fused-ring (bicyclic) bond motifs is 2. The molecule has 24 heavy (non-hydrogen) atoms. The number of benzene rings is 1. The van der Waals surface area contributed by atoms with E-state index >= 15 is 0 Å². The smallest absolute Gasteiger partial charge is 0.119 e.